The minimum atomic E-state index is -0.372. The molecule has 23 heavy (non-hydrogen) atoms. The number of fused-ring (bicyclic) bond motifs is 1. The normalized spacial score (nSPS) is 10.4. The highest BCUT2D eigenvalue weighted by Crippen LogP contribution is 2.05. The van der Waals surface area contributed by atoms with E-state index >= 15 is 0 Å². The van der Waals surface area contributed by atoms with Crippen molar-refractivity contribution in [1.82, 2.24) is 20.2 Å². The molecule has 0 unspecified atom stereocenters. The number of hydrogen-bond donors (Lipinski definition) is 2. The van der Waals surface area contributed by atoms with Crippen molar-refractivity contribution in [2.45, 2.75) is 6.54 Å². The average molecular weight is 308 g/mol. The zero-order chi connectivity index (χ0) is 16.1. The third-order valence-electron chi connectivity index (χ3n) is 3.34. The number of pyridine rings is 1. The second-order valence-corrected chi connectivity index (χ2v) is 5.04. The first-order valence-electron chi connectivity index (χ1n) is 7.25. The van der Waals surface area contributed by atoms with E-state index in [1.807, 2.05) is 48.5 Å². The van der Waals surface area contributed by atoms with Crippen molar-refractivity contribution >= 4 is 17.3 Å². The maximum atomic E-state index is 12.0. The van der Waals surface area contributed by atoms with Gasteiger partial charge >= 0.3 is 0 Å². The topological polar surface area (TPSA) is 75.5 Å². The van der Waals surface area contributed by atoms with Crippen LogP contribution in [-0.4, -0.2) is 28.0 Å². The number of nitrogens with one attached hydrogen (secondary N) is 2. The van der Waals surface area contributed by atoms with Crippen LogP contribution in [-0.2, 0) is 11.3 Å². The van der Waals surface area contributed by atoms with E-state index in [-0.39, 0.29) is 24.1 Å². The van der Waals surface area contributed by atoms with Crippen molar-refractivity contribution in [1.29, 1.82) is 0 Å². The first kappa shape index (κ1) is 14.8. The smallest absolute Gasteiger partial charge is 0.272 e. The van der Waals surface area contributed by atoms with Gasteiger partial charge in [0.25, 0.3) is 5.91 Å². The average Bonchev–Trinajstić information content (AvgIpc) is 3.03. The Labute approximate surface area is 133 Å². The maximum Gasteiger partial charge on any atom is 0.272 e. The monoisotopic (exact) mass is 308 g/mol. The molecule has 0 saturated carbocycles. The number of rotatable bonds is 5. The molecule has 0 atom stereocenters. The molecule has 0 radical (unpaired) electrons. The summed E-state index contributed by atoms with van der Waals surface area (Å²) in [6.45, 7) is 0.351. The first-order chi connectivity index (χ1) is 11.2. The molecule has 0 fully saturated rings. The third-order valence-corrected chi connectivity index (χ3v) is 3.34. The van der Waals surface area contributed by atoms with Crippen LogP contribution < -0.4 is 10.6 Å². The lowest BCUT2D eigenvalue weighted by Crippen LogP contribution is -2.36. The number of amides is 2. The Balaban J connectivity index is 1.51. The Morgan fingerprint density at radius 2 is 1.78 bits per heavy atom. The predicted molar refractivity (Wildman–Crippen MR) is 85.8 cm³/mol. The minimum Gasteiger partial charge on any atom is -0.350 e. The SMILES string of the molecule is O=C(CNC(=O)c1cc2ccccn2n1)NCc1ccccc1. The predicted octanol–water partition coefficient (Wildman–Crippen LogP) is 1.38. The zero-order valence-corrected chi connectivity index (χ0v) is 12.4. The van der Waals surface area contributed by atoms with Crippen molar-refractivity contribution < 1.29 is 9.59 Å². The van der Waals surface area contributed by atoms with Crippen LogP contribution in [0.4, 0.5) is 0 Å². The Hall–Kier alpha value is -3.15. The van der Waals surface area contributed by atoms with E-state index in [9.17, 15) is 9.59 Å². The van der Waals surface area contributed by atoms with Gasteiger partial charge < -0.3 is 10.6 Å². The summed E-state index contributed by atoms with van der Waals surface area (Å²) in [4.78, 5) is 23.8. The van der Waals surface area contributed by atoms with E-state index in [0.29, 0.717) is 6.54 Å². The van der Waals surface area contributed by atoms with Crippen LogP contribution in [0.3, 0.4) is 0 Å². The van der Waals surface area contributed by atoms with E-state index < -0.39 is 0 Å². The van der Waals surface area contributed by atoms with Crippen LogP contribution in [0.25, 0.3) is 5.52 Å². The second kappa shape index (κ2) is 6.74. The fraction of sp³-hybridized carbons (Fsp3) is 0.118. The molecular formula is C17H16N4O2. The van der Waals surface area contributed by atoms with Gasteiger partial charge in [0.1, 0.15) is 0 Å². The fourth-order valence-corrected chi connectivity index (χ4v) is 2.16. The molecule has 0 spiro atoms. The van der Waals surface area contributed by atoms with Crippen LogP contribution in [0, 0.1) is 0 Å². The van der Waals surface area contributed by atoms with Gasteiger partial charge in [-0.1, -0.05) is 36.4 Å². The molecule has 3 rings (SSSR count). The summed E-state index contributed by atoms with van der Waals surface area (Å²) in [6.07, 6.45) is 1.76. The molecule has 2 amide bonds. The van der Waals surface area contributed by atoms with Crippen LogP contribution in [0.1, 0.15) is 16.1 Å². The van der Waals surface area contributed by atoms with E-state index in [4.69, 9.17) is 0 Å². The highest BCUT2D eigenvalue weighted by molar-refractivity contribution is 5.95. The number of aromatic nitrogens is 2. The molecule has 0 aliphatic rings. The minimum absolute atomic E-state index is 0.0838. The summed E-state index contributed by atoms with van der Waals surface area (Å²) in [6, 6.07) is 16.8. The Morgan fingerprint density at radius 3 is 2.57 bits per heavy atom. The number of benzene rings is 1. The Morgan fingerprint density at radius 1 is 1.00 bits per heavy atom. The summed E-state index contributed by atoms with van der Waals surface area (Å²) in [5.74, 6) is -0.616. The quantitative estimate of drug-likeness (QED) is 0.748. The first-order valence-corrected chi connectivity index (χ1v) is 7.25. The fourth-order valence-electron chi connectivity index (χ4n) is 2.16. The van der Waals surface area contributed by atoms with Crippen molar-refractivity contribution in [3.63, 3.8) is 0 Å². The summed E-state index contributed by atoms with van der Waals surface area (Å²) < 4.78 is 1.62. The molecule has 0 bridgehead atoms. The van der Waals surface area contributed by atoms with E-state index in [1.54, 1.807) is 16.8 Å². The van der Waals surface area contributed by atoms with Gasteiger partial charge in [-0.25, -0.2) is 4.52 Å². The van der Waals surface area contributed by atoms with Gasteiger partial charge in [-0.2, -0.15) is 5.10 Å². The van der Waals surface area contributed by atoms with Crippen LogP contribution in [0.5, 0.6) is 0 Å². The number of nitrogens with zero attached hydrogens (tertiary/aromatic N) is 2. The number of hydrogen-bond acceptors (Lipinski definition) is 3. The van der Waals surface area contributed by atoms with Crippen molar-refractivity contribution in [2.75, 3.05) is 6.54 Å². The standard InChI is InChI=1S/C17H16N4O2/c22-16(18-11-13-6-2-1-3-7-13)12-19-17(23)15-10-14-8-4-5-9-21(14)20-15/h1-10H,11-12H2,(H,18,22)(H,19,23). The lowest BCUT2D eigenvalue weighted by molar-refractivity contribution is -0.120. The van der Waals surface area contributed by atoms with Crippen molar-refractivity contribution in [3.8, 4) is 0 Å². The second-order valence-electron chi connectivity index (χ2n) is 5.04. The van der Waals surface area contributed by atoms with Crippen LogP contribution >= 0.6 is 0 Å². The lowest BCUT2D eigenvalue weighted by Gasteiger charge is -2.06. The molecule has 6 nitrogen and oxygen atoms in total. The summed E-state index contributed by atoms with van der Waals surface area (Å²) in [5, 5.41) is 9.48. The molecule has 0 aliphatic heterocycles. The van der Waals surface area contributed by atoms with Gasteiger partial charge in [-0.05, 0) is 23.8 Å². The molecule has 2 heterocycles. The van der Waals surface area contributed by atoms with Crippen LogP contribution in [0.2, 0.25) is 0 Å². The maximum absolute atomic E-state index is 12.0. The van der Waals surface area contributed by atoms with Gasteiger partial charge in [-0.15, -0.1) is 0 Å². The molecule has 0 saturated heterocycles. The highest BCUT2D eigenvalue weighted by atomic mass is 16.2. The van der Waals surface area contributed by atoms with Gasteiger partial charge in [0.15, 0.2) is 5.69 Å². The number of carbonyl (C=O) groups is 2. The van der Waals surface area contributed by atoms with Gasteiger partial charge in [-0.3, -0.25) is 9.59 Å². The van der Waals surface area contributed by atoms with Crippen molar-refractivity contribution in [3.05, 3.63) is 72.1 Å². The molecule has 1 aromatic carbocycles. The van der Waals surface area contributed by atoms with E-state index in [2.05, 4.69) is 15.7 Å². The molecule has 3 aromatic rings. The molecule has 2 aromatic heterocycles. The largest absolute Gasteiger partial charge is 0.350 e. The third kappa shape index (κ3) is 3.74. The van der Waals surface area contributed by atoms with Crippen molar-refractivity contribution in [2.24, 2.45) is 0 Å². The van der Waals surface area contributed by atoms with E-state index in [0.717, 1.165) is 11.1 Å². The Kier molecular flexibility index (Phi) is 4.33. The summed E-state index contributed by atoms with van der Waals surface area (Å²) in [5.41, 5.74) is 2.12. The molecule has 116 valence electrons. The lowest BCUT2D eigenvalue weighted by atomic mass is 10.2. The van der Waals surface area contributed by atoms with Gasteiger partial charge in [0.2, 0.25) is 5.91 Å². The zero-order valence-electron chi connectivity index (χ0n) is 12.4. The summed E-state index contributed by atoms with van der Waals surface area (Å²) >= 11 is 0. The van der Waals surface area contributed by atoms with Crippen LogP contribution in [0.15, 0.2) is 60.8 Å². The summed E-state index contributed by atoms with van der Waals surface area (Å²) in [7, 11) is 0. The number of carbonyl (C=O) groups excluding carboxylic acids is 2. The molecule has 6 heteroatoms. The Bertz CT molecular complexity index is 794. The van der Waals surface area contributed by atoms with Gasteiger partial charge in [0.05, 0.1) is 12.1 Å². The molecule has 2 N–H and O–H groups in total. The highest BCUT2D eigenvalue weighted by Gasteiger charge is 2.11. The molecular weight excluding hydrogens is 292 g/mol. The van der Waals surface area contributed by atoms with E-state index in [1.165, 1.54) is 0 Å². The van der Waals surface area contributed by atoms with Gasteiger partial charge in [0, 0.05) is 12.7 Å². The molecule has 0 aliphatic carbocycles.